The second-order valence-corrected chi connectivity index (χ2v) is 10.9. The van der Waals surface area contributed by atoms with Gasteiger partial charge in [-0.05, 0) is 42.8 Å². The minimum atomic E-state index is -3.69. The Morgan fingerprint density at radius 2 is 2.10 bits per heavy atom. The molecule has 1 amide bonds. The number of nitrogens with zero attached hydrogens (tertiary/aromatic N) is 3. The normalized spacial score (nSPS) is 18.6. The van der Waals surface area contributed by atoms with E-state index in [-0.39, 0.29) is 4.21 Å². The van der Waals surface area contributed by atoms with Gasteiger partial charge in [0, 0.05) is 13.6 Å². The van der Waals surface area contributed by atoms with Crippen molar-refractivity contribution in [2.45, 2.75) is 30.0 Å². The Labute approximate surface area is 176 Å². The molecule has 0 spiro atoms. The first-order valence-corrected chi connectivity index (χ1v) is 12.2. The van der Waals surface area contributed by atoms with Crippen molar-refractivity contribution in [3.8, 4) is 5.75 Å². The number of ether oxygens (including phenoxy) is 1. The SMILES string of the molecule is COc1ccc(C)c2sc(=NC(=O)C3CCCN3S(=O)(=O)c3cccs3)n(C)c12. The van der Waals surface area contributed by atoms with Crippen LogP contribution in [0.25, 0.3) is 10.2 Å². The Kier molecular flexibility index (Phi) is 5.36. The second kappa shape index (κ2) is 7.67. The van der Waals surface area contributed by atoms with Gasteiger partial charge < -0.3 is 9.30 Å². The zero-order valence-electron chi connectivity index (χ0n) is 16.3. The molecule has 0 radical (unpaired) electrons. The quantitative estimate of drug-likeness (QED) is 0.611. The number of carbonyl (C=O) groups excluding carboxylic acids is 1. The number of aryl methyl sites for hydroxylation is 2. The summed E-state index contributed by atoms with van der Waals surface area (Å²) in [4.78, 5) is 17.9. The first-order valence-electron chi connectivity index (χ1n) is 9.11. The average Bonchev–Trinajstić information content (AvgIpc) is 3.44. The summed E-state index contributed by atoms with van der Waals surface area (Å²) in [7, 11) is -0.245. The minimum Gasteiger partial charge on any atom is -0.495 e. The summed E-state index contributed by atoms with van der Waals surface area (Å²) in [5.41, 5.74) is 1.94. The van der Waals surface area contributed by atoms with E-state index in [0.29, 0.717) is 29.9 Å². The third-order valence-electron chi connectivity index (χ3n) is 5.08. The van der Waals surface area contributed by atoms with E-state index in [4.69, 9.17) is 4.74 Å². The summed E-state index contributed by atoms with van der Waals surface area (Å²) in [5.74, 6) is 0.280. The lowest BCUT2D eigenvalue weighted by Crippen LogP contribution is -2.40. The van der Waals surface area contributed by atoms with Crippen LogP contribution in [0.1, 0.15) is 18.4 Å². The van der Waals surface area contributed by atoms with E-state index in [1.54, 1.807) is 24.6 Å². The van der Waals surface area contributed by atoms with Crippen LogP contribution in [0.3, 0.4) is 0 Å². The maximum Gasteiger partial charge on any atom is 0.266 e. The highest BCUT2D eigenvalue weighted by atomic mass is 32.2. The van der Waals surface area contributed by atoms with E-state index in [9.17, 15) is 13.2 Å². The topological polar surface area (TPSA) is 81.0 Å². The van der Waals surface area contributed by atoms with Crippen molar-refractivity contribution < 1.29 is 17.9 Å². The molecule has 2 aromatic heterocycles. The Hall–Kier alpha value is -2.01. The molecule has 154 valence electrons. The predicted molar refractivity (Wildman–Crippen MR) is 114 cm³/mol. The lowest BCUT2D eigenvalue weighted by Gasteiger charge is -2.20. The highest BCUT2D eigenvalue weighted by Gasteiger charge is 2.39. The van der Waals surface area contributed by atoms with Crippen LogP contribution in [0, 0.1) is 6.92 Å². The zero-order valence-corrected chi connectivity index (χ0v) is 18.7. The molecule has 7 nitrogen and oxygen atoms in total. The van der Waals surface area contributed by atoms with Crippen molar-refractivity contribution in [3.05, 3.63) is 40.0 Å². The van der Waals surface area contributed by atoms with E-state index >= 15 is 0 Å². The largest absolute Gasteiger partial charge is 0.495 e. The van der Waals surface area contributed by atoms with Gasteiger partial charge in [0.1, 0.15) is 21.5 Å². The molecule has 1 fully saturated rings. The van der Waals surface area contributed by atoms with Crippen molar-refractivity contribution in [2.75, 3.05) is 13.7 Å². The number of carbonyl (C=O) groups is 1. The van der Waals surface area contributed by atoms with Crippen molar-refractivity contribution in [2.24, 2.45) is 12.0 Å². The van der Waals surface area contributed by atoms with Crippen LogP contribution >= 0.6 is 22.7 Å². The first kappa shape index (κ1) is 20.3. The molecular formula is C19H21N3O4S3. The first-order chi connectivity index (χ1) is 13.8. The predicted octanol–water partition coefficient (Wildman–Crippen LogP) is 2.90. The van der Waals surface area contributed by atoms with Crippen LogP contribution < -0.4 is 9.54 Å². The number of amides is 1. The number of hydrogen-bond donors (Lipinski definition) is 0. The maximum atomic E-state index is 13.0. The summed E-state index contributed by atoms with van der Waals surface area (Å²) in [6.07, 6.45) is 1.12. The number of hydrogen-bond acceptors (Lipinski definition) is 6. The van der Waals surface area contributed by atoms with E-state index in [1.165, 1.54) is 15.6 Å². The van der Waals surface area contributed by atoms with Gasteiger partial charge in [0.2, 0.25) is 0 Å². The Morgan fingerprint density at radius 3 is 2.79 bits per heavy atom. The summed E-state index contributed by atoms with van der Waals surface area (Å²) in [5, 5.41) is 1.72. The van der Waals surface area contributed by atoms with E-state index in [0.717, 1.165) is 27.1 Å². The monoisotopic (exact) mass is 451 g/mol. The molecular weight excluding hydrogens is 430 g/mol. The van der Waals surface area contributed by atoms with Crippen molar-refractivity contribution in [1.82, 2.24) is 8.87 Å². The fourth-order valence-electron chi connectivity index (χ4n) is 3.59. The number of benzene rings is 1. The number of methoxy groups -OCH3 is 1. The third kappa shape index (κ3) is 3.43. The van der Waals surface area contributed by atoms with E-state index in [2.05, 4.69) is 4.99 Å². The van der Waals surface area contributed by atoms with Gasteiger partial charge in [-0.25, -0.2) is 8.42 Å². The van der Waals surface area contributed by atoms with Crippen LogP contribution in [0.4, 0.5) is 0 Å². The molecule has 1 unspecified atom stereocenters. The second-order valence-electron chi connectivity index (χ2n) is 6.86. The standard InChI is InChI=1S/C19H21N3O4S3/c1-12-8-9-14(26-3)16-17(12)28-19(21(16)2)20-18(23)13-6-4-10-22(13)29(24,25)15-7-5-11-27-15/h5,7-9,11,13H,4,6,10H2,1-3H3. The van der Waals surface area contributed by atoms with Gasteiger partial charge >= 0.3 is 0 Å². The molecule has 3 heterocycles. The summed E-state index contributed by atoms with van der Waals surface area (Å²) >= 11 is 2.56. The fraction of sp³-hybridized carbons (Fsp3) is 0.368. The van der Waals surface area contributed by atoms with Gasteiger partial charge in [-0.3, -0.25) is 4.79 Å². The fourth-order valence-corrected chi connectivity index (χ4v) is 7.47. The Bertz CT molecular complexity index is 1240. The summed E-state index contributed by atoms with van der Waals surface area (Å²) in [6, 6.07) is 6.35. The van der Waals surface area contributed by atoms with Crippen LogP contribution in [0.15, 0.2) is 38.8 Å². The highest BCUT2D eigenvalue weighted by Crippen LogP contribution is 2.31. The average molecular weight is 452 g/mol. The molecule has 1 aliphatic heterocycles. The van der Waals surface area contributed by atoms with E-state index in [1.807, 2.05) is 30.7 Å². The van der Waals surface area contributed by atoms with Gasteiger partial charge in [-0.15, -0.1) is 11.3 Å². The molecule has 0 N–H and O–H groups in total. The lowest BCUT2D eigenvalue weighted by atomic mass is 10.2. The molecule has 1 aliphatic rings. The molecule has 29 heavy (non-hydrogen) atoms. The molecule has 0 bridgehead atoms. The van der Waals surface area contributed by atoms with Crippen molar-refractivity contribution >= 4 is 48.8 Å². The molecule has 1 atom stereocenters. The molecule has 3 aromatic rings. The van der Waals surface area contributed by atoms with Crippen molar-refractivity contribution in [1.29, 1.82) is 0 Å². The minimum absolute atomic E-state index is 0.255. The van der Waals surface area contributed by atoms with Crippen LogP contribution in [-0.4, -0.2) is 42.9 Å². The van der Waals surface area contributed by atoms with Gasteiger partial charge in [0.15, 0.2) is 4.80 Å². The molecule has 1 saturated heterocycles. The number of aromatic nitrogens is 1. The number of thiazole rings is 1. The summed E-state index contributed by atoms with van der Waals surface area (Å²) < 4.78 is 35.7. The Morgan fingerprint density at radius 1 is 1.31 bits per heavy atom. The third-order valence-corrected chi connectivity index (χ3v) is 9.63. The van der Waals surface area contributed by atoms with Gasteiger partial charge in [-0.1, -0.05) is 23.5 Å². The zero-order chi connectivity index (χ0) is 20.8. The van der Waals surface area contributed by atoms with E-state index < -0.39 is 22.0 Å². The van der Waals surface area contributed by atoms with Crippen LogP contribution in [0.2, 0.25) is 0 Å². The summed E-state index contributed by atoms with van der Waals surface area (Å²) in [6.45, 7) is 2.33. The Balaban J connectivity index is 1.75. The number of rotatable bonds is 4. The number of fused-ring (bicyclic) bond motifs is 1. The molecule has 0 saturated carbocycles. The van der Waals surface area contributed by atoms with Crippen LogP contribution in [-0.2, 0) is 21.9 Å². The number of thiophene rings is 1. The maximum absolute atomic E-state index is 13.0. The van der Waals surface area contributed by atoms with Gasteiger partial charge in [0.05, 0.1) is 11.8 Å². The van der Waals surface area contributed by atoms with Crippen LogP contribution in [0.5, 0.6) is 5.75 Å². The highest BCUT2D eigenvalue weighted by molar-refractivity contribution is 7.91. The smallest absolute Gasteiger partial charge is 0.266 e. The number of sulfonamides is 1. The molecule has 10 heteroatoms. The molecule has 4 rings (SSSR count). The van der Waals surface area contributed by atoms with Gasteiger partial charge in [0.25, 0.3) is 15.9 Å². The van der Waals surface area contributed by atoms with Gasteiger partial charge in [-0.2, -0.15) is 9.30 Å². The lowest BCUT2D eigenvalue weighted by molar-refractivity contribution is -0.121. The van der Waals surface area contributed by atoms with Crippen molar-refractivity contribution in [3.63, 3.8) is 0 Å². The molecule has 0 aliphatic carbocycles. The molecule has 1 aromatic carbocycles.